The van der Waals surface area contributed by atoms with Crippen molar-refractivity contribution in [1.82, 2.24) is 5.32 Å². The Hall–Kier alpha value is -1.06. The normalized spacial score (nSPS) is 12.6. The summed E-state index contributed by atoms with van der Waals surface area (Å²) in [6.45, 7) is 4.15. The van der Waals surface area contributed by atoms with Crippen LogP contribution in [0.2, 0.25) is 0 Å². The minimum absolute atomic E-state index is 0.107. The van der Waals surface area contributed by atoms with E-state index in [2.05, 4.69) is 5.32 Å². The van der Waals surface area contributed by atoms with Gasteiger partial charge in [-0.2, -0.15) is 0 Å². The highest BCUT2D eigenvalue weighted by Crippen LogP contribution is 2.14. The fourth-order valence-electron chi connectivity index (χ4n) is 1.04. The molecule has 0 heterocycles. The van der Waals surface area contributed by atoms with Crippen LogP contribution in [0.5, 0.6) is 0 Å². The lowest BCUT2D eigenvalue weighted by molar-refractivity contribution is -0.143. The predicted molar refractivity (Wildman–Crippen MR) is 44.6 cm³/mol. The number of aliphatic carboxylic acids is 1. The fourth-order valence-corrected chi connectivity index (χ4v) is 1.04. The van der Waals surface area contributed by atoms with Crippen molar-refractivity contribution in [3.63, 3.8) is 0 Å². The van der Waals surface area contributed by atoms with Crippen molar-refractivity contribution in [3.05, 3.63) is 0 Å². The van der Waals surface area contributed by atoms with E-state index >= 15 is 0 Å². The summed E-state index contributed by atoms with van der Waals surface area (Å²) in [6, 6.07) is 0. The number of carbonyl (C=O) groups excluding carboxylic acids is 1. The summed E-state index contributed by atoms with van der Waals surface area (Å²) in [5.41, 5.74) is 0. The number of carboxylic acids is 1. The van der Waals surface area contributed by atoms with E-state index in [-0.39, 0.29) is 11.8 Å². The van der Waals surface area contributed by atoms with Gasteiger partial charge < -0.3 is 10.4 Å². The van der Waals surface area contributed by atoms with Crippen molar-refractivity contribution in [2.24, 2.45) is 11.8 Å². The van der Waals surface area contributed by atoms with Gasteiger partial charge in [0.15, 0.2) is 0 Å². The van der Waals surface area contributed by atoms with Crippen molar-refractivity contribution in [1.29, 1.82) is 0 Å². The monoisotopic (exact) mass is 173 g/mol. The number of nitrogens with one attached hydrogen (secondary N) is 1. The van der Waals surface area contributed by atoms with E-state index < -0.39 is 5.97 Å². The van der Waals surface area contributed by atoms with Gasteiger partial charge in [-0.15, -0.1) is 0 Å². The summed E-state index contributed by atoms with van der Waals surface area (Å²) < 4.78 is 0. The Labute approximate surface area is 72.0 Å². The minimum Gasteiger partial charge on any atom is -0.481 e. The highest BCUT2D eigenvalue weighted by atomic mass is 16.4. The largest absolute Gasteiger partial charge is 0.481 e. The predicted octanol–water partition coefficient (Wildman–Crippen LogP) is 0.479. The van der Waals surface area contributed by atoms with Gasteiger partial charge in [0.2, 0.25) is 6.41 Å². The molecule has 0 fully saturated rings. The van der Waals surface area contributed by atoms with Crippen LogP contribution in [0.1, 0.15) is 20.3 Å². The third-order valence-electron chi connectivity index (χ3n) is 1.80. The summed E-state index contributed by atoms with van der Waals surface area (Å²) >= 11 is 0. The van der Waals surface area contributed by atoms with E-state index in [4.69, 9.17) is 5.11 Å². The molecule has 0 aliphatic heterocycles. The van der Waals surface area contributed by atoms with Gasteiger partial charge in [0, 0.05) is 6.54 Å². The van der Waals surface area contributed by atoms with Gasteiger partial charge in [0.1, 0.15) is 0 Å². The van der Waals surface area contributed by atoms with Crippen LogP contribution in [0.4, 0.5) is 0 Å². The molecule has 70 valence electrons. The van der Waals surface area contributed by atoms with Crippen LogP contribution in [0.15, 0.2) is 0 Å². The first-order valence-electron chi connectivity index (χ1n) is 3.99. The highest BCUT2D eigenvalue weighted by Gasteiger charge is 2.20. The molecule has 0 aromatic carbocycles. The second kappa shape index (κ2) is 5.57. The summed E-state index contributed by atoms with van der Waals surface area (Å²) in [5.74, 6) is -1.05. The van der Waals surface area contributed by atoms with Gasteiger partial charge in [-0.25, -0.2) is 0 Å². The molecule has 0 spiro atoms. The Morgan fingerprint density at radius 1 is 1.58 bits per heavy atom. The van der Waals surface area contributed by atoms with E-state index in [0.717, 1.165) is 0 Å². The van der Waals surface area contributed by atoms with Crippen LogP contribution < -0.4 is 5.32 Å². The van der Waals surface area contributed by atoms with Gasteiger partial charge in [-0.3, -0.25) is 9.59 Å². The number of rotatable bonds is 6. The molecule has 0 aliphatic rings. The molecule has 4 heteroatoms. The SMILES string of the molecule is CC(C)C(CCNC=O)C(=O)O. The van der Waals surface area contributed by atoms with E-state index in [1.54, 1.807) is 0 Å². The highest BCUT2D eigenvalue weighted by molar-refractivity contribution is 5.70. The summed E-state index contributed by atoms with van der Waals surface area (Å²) in [6.07, 6.45) is 1.07. The lowest BCUT2D eigenvalue weighted by Gasteiger charge is -2.14. The van der Waals surface area contributed by atoms with Crippen molar-refractivity contribution >= 4 is 12.4 Å². The maximum absolute atomic E-state index is 10.6. The maximum atomic E-state index is 10.6. The first-order chi connectivity index (χ1) is 5.59. The van der Waals surface area contributed by atoms with Crippen LogP contribution in [0, 0.1) is 11.8 Å². The Balaban J connectivity index is 3.79. The van der Waals surface area contributed by atoms with E-state index in [1.165, 1.54) is 0 Å². The molecule has 0 radical (unpaired) electrons. The van der Waals surface area contributed by atoms with Crippen molar-refractivity contribution in [3.8, 4) is 0 Å². The molecule has 0 rings (SSSR count). The topological polar surface area (TPSA) is 66.4 Å². The number of amides is 1. The third-order valence-corrected chi connectivity index (χ3v) is 1.80. The van der Waals surface area contributed by atoms with Gasteiger partial charge >= 0.3 is 5.97 Å². The van der Waals surface area contributed by atoms with Crippen molar-refractivity contribution in [2.75, 3.05) is 6.54 Å². The summed E-state index contributed by atoms with van der Waals surface area (Å²) in [5, 5.41) is 11.2. The zero-order valence-electron chi connectivity index (χ0n) is 7.41. The lowest BCUT2D eigenvalue weighted by Crippen LogP contribution is -2.25. The quantitative estimate of drug-likeness (QED) is 0.453. The van der Waals surface area contributed by atoms with Crippen LogP contribution >= 0.6 is 0 Å². The Kier molecular flexibility index (Phi) is 5.08. The number of hydrogen-bond acceptors (Lipinski definition) is 2. The summed E-state index contributed by atoms with van der Waals surface area (Å²) in [7, 11) is 0. The first kappa shape index (κ1) is 10.9. The zero-order valence-corrected chi connectivity index (χ0v) is 7.41. The van der Waals surface area contributed by atoms with E-state index in [1.807, 2.05) is 13.8 Å². The molecule has 1 unspecified atom stereocenters. The van der Waals surface area contributed by atoms with Gasteiger partial charge in [0.05, 0.1) is 5.92 Å². The molecule has 0 aliphatic carbocycles. The molecule has 1 amide bonds. The van der Waals surface area contributed by atoms with Crippen molar-refractivity contribution in [2.45, 2.75) is 20.3 Å². The standard InChI is InChI=1S/C8H15NO3/c1-6(2)7(8(11)12)3-4-9-5-10/h5-7H,3-4H2,1-2H3,(H,9,10)(H,11,12). The molecular weight excluding hydrogens is 158 g/mol. The average molecular weight is 173 g/mol. The molecule has 0 aromatic rings. The van der Waals surface area contributed by atoms with Crippen LogP contribution in [-0.4, -0.2) is 24.0 Å². The molecular formula is C8H15NO3. The van der Waals surface area contributed by atoms with Crippen molar-refractivity contribution < 1.29 is 14.7 Å². The smallest absolute Gasteiger partial charge is 0.306 e. The van der Waals surface area contributed by atoms with Crippen LogP contribution in [0.3, 0.4) is 0 Å². The Bertz CT molecular complexity index is 156. The molecule has 4 nitrogen and oxygen atoms in total. The lowest BCUT2D eigenvalue weighted by atomic mass is 9.93. The second-order valence-electron chi connectivity index (χ2n) is 3.05. The zero-order chi connectivity index (χ0) is 9.56. The molecule has 0 saturated carbocycles. The number of hydrogen-bond donors (Lipinski definition) is 2. The average Bonchev–Trinajstić information content (AvgIpc) is 1.96. The maximum Gasteiger partial charge on any atom is 0.306 e. The van der Waals surface area contributed by atoms with Crippen LogP contribution in [0.25, 0.3) is 0 Å². The number of carboxylic acid groups (broad SMARTS) is 1. The Morgan fingerprint density at radius 3 is 2.50 bits per heavy atom. The first-order valence-corrected chi connectivity index (χ1v) is 3.99. The molecule has 0 aromatic heterocycles. The third kappa shape index (κ3) is 3.95. The van der Waals surface area contributed by atoms with E-state index in [9.17, 15) is 9.59 Å². The molecule has 0 bridgehead atoms. The number of carbonyl (C=O) groups is 2. The summed E-state index contributed by atoms with van der Waals surface area (Å²) in [4.78, 5) is 20.5. The second-order valence-corrected chi connectivity index (χ2v) is 3.05. The fraction of sp³-hybridized carbons (Fsp3) is 0.750. The molecule has 1 atom stereocenters. The van der Waals surface area contributed by atoms with Crippen LogP contribution in [-0.2, 0) is 9.59 Å². The van der Waals surface area contributed by atoms with Gasteiger partial charge in [-0.05, 0) is 12.3 Å². The molecule has 2 N–H and O–H groups in total. The minimum atomic E-state index is -0.794. The Morgan fingerprint density at radius 2 is 2.17 bits per heavy atom. The van der Waals surface area contributed by atoms with Gasteiger partial charge in [0.25, 0.3) is 0 Å². The van der Waals surface area contributed by atoms with Gasteiger partial charge in [-0.1, -0.05) is 13.8 Å². The van der Waals surface area contributed by atoms with E-state index in [0.29, 0.717) is 19.4 Å². The molecule has 12 heavy (non-hydrogen) atoms. The molecule has 0 saturated heterocycles.